The van der Waals surface area contributed by atoms with Gasteiger partial charge in [-0.05, 0) is 82.4 Å². The summed E-state index contributed by atoms with van der Waals surface area (Å²) in [6.45, 7) is 12.4. The van der Waals surface area contributed by atoms with Gasteiger partial charge in [0.1, 0.15) is 11.5 Å². The van der Waals surface area contributed by atoms with Crippen molar-refractivity contribution in [1.29, 1.82) is 0 Å². The molecule has 3 rings (SSSR count). The van der Waals surface area contributed by atoms with Crippen LogP contribution in [0.3, 0.4) is 0 Å². The Kier molecular flexibility index (Phi) is 10.2. The van der Waals surface area contributed by atoms with Gasteiger partial charge in [-0.2, -0.15) is 0 Å². The van der Waals surface area contributed by atoms with Crippen molar-refractivity contribution in [1.82, 2.24) is 0 Å². The summed E-state index contributed by atoms with van der Waals surface area (Å²) in [7, 11) is -4.45. The standard InChI is InChI=1S/C29H43O7P/c1-6-8-9-16-34-37(32,33)36-29(14-10-15-29)28(31)35-26-19-22(11-7-2)18-25(30)27(26)24-17-21(5)12-13-23(24)20(3)4/h17-19,23-24,30H,3,6-16H2,1-2,4-5H3,(H,32,33)/t23-,24+/m0/s1. The first-order valence-electron chi connectivity index (χ1n) is 13.6. The topological polar surface area (TPSA) is 102 Å². The number of phenols is 1. The quantitative estimate of drug-likeness (QED) is 0.0887. The average molecular weight is 535 g/mol. The van der Waals surface area contributed by atoms with Crippen molar-refractivity contribution in [3.05, 3.63) is 47.1 Å². The molecule has 0 radical (unpaired) electrons. The molecule has 2 N–H and O–H groups in total. The van der Waals surface area contributed by atoms with Crippen LogP contribution in [0.15, 0.2) is 35.9 Å². The molecule has 3 atom stereocenters. The molecule has 1 saturated carbocycles. The highest BCUT2D eigenvalue weighted by atomic mass is 31.2. The Morgan fingerprint density at radius 3 is 2.54 bits per heavy atom. The van der Waals surface area contributed by atoms with Crippen molar-refractivity contribution in [3.8, 4) is 11.5 Å². The van der Waals surface area contributed by atoms with Crippen molar-refractivity contribution in [2.75, 3.05) is 6.61 Å². The number of aryl methyl sites for hydroxylation is 1. The molecular formula is C29H43O7P. The number of ether oxygens (including phenoxy) is 1. The van der Waals surface area contributed by atoms with E-state index in [1.54, 1.807) is 12.1 Å². The molecule has 1 aromatic rings. The van der Waals surface area contributed by atoms with Gasteiger partial charge < -0.3 is 14.7 Å². The lowest BCUT2D eigenvalue weighted by Crippen LogP contribution is -2.49. The van der Waals surface area contributed by atoms with Gasteiger partial charge in [0, 0.05) is 11.5 Å². The molecule has 2 aliphatic carbocycles. The number of phosphoric ester groups is 1. The average Bonchev–Trinajstić information content (AvgIpc) is 2.79. The normalized spacial score (nSPS) is 22.5. The fourth-order valence-electron chi connectivity index (χ4n) is 5.23. The maximum atomic E-state index is 13.5. The molecule has 1 aromatic carbocycles. The second-order valence-electron chi connectivity index (χ2n) is 10.6. The number of esters is 1. The van der Waals surface area contributed by atoms with E-state index in [0.717, 1.165) is 43.2 Å². The summed E-state index contributed by atoms with van der Waals surface area (Å²) < 4.78 is 29.2. The zero-order valence-electron chi connectivity index (χ0n) is 22.8. The Morgan fingerprint density at radius 1 is 1.22 bits per heavy atom. The van der Waals surface area contributed by atoms with Crippen LogP contribution >= 0.6 is 7.82 Å². The van der Waals surface area contributed by atoms with E-state index in [4.69, 9.17) is 13.8 Å². The predicted octanol–water partition coefficient (Wildman–Crippen LogP) is 7.51. The second-order valence-corrected chi connectivity index (χ2v) is 12.0. The summed E-state index contributed by atoms with van der Waals surface area (Å²) in [5.74, 6) is -0.502. The minimum atomic E-state index is -4.45. The van der Waals surface area contributed by atoms with Gasteiger partial charge in [0.25, 0.3) is 0 Å². The SMILES string of the molecule is C=C(C)[C@@H]1CCC(C)=C[C@H]1c1c(O)cc(CCC)cc1OC(=O)C1(OP(=O)(O)OCCCCC)CCC1. The molecule has 2 aliphatic rings. The Morgan fingerprint density at radius 2 is 1.95 bits per heavy atom. The molecule has 0 spiro atoms. The summed E-state index contributed by atoms with van der Waals surface area (Å²) in [6, 6.07) is 3.54. The highest BCUT2D eigenvalue weighted by molar-refractivity contribution is 7.47. The fourth-order valence-corrected chi connectivity index (χ4v) is 6.34. The van der Waals surface area contributed by atoms with Gasteiger partial charge in [-0.1, -0.05) is 56.9 Å². The Labute approximate surface area is 221 Å². The molecule has 0 aromatic heterocycles. The number of unbranched alkanes of at least 4 members (excludes halogenated alkanes) is 2. The zero-order valence-corrected chi connectivity index (χ0v) is 23.6. The van der Waals surface area contributed by atoms with Gasteiger partial charge >= 0.3 is 13.8 Å². The summed E-state index contributed by atoms with van der Waals surface area (Å²) in [4.78, 5) is 23.8. The first kappa shape index (κ1) is 29.6. The largest absolute Gasteiger partial charge is 0.507 e. The van der Waals surface area contributed by atoms with Crippen LogP contribution in [0.25, 0.3) is 0 Å². The highest BCUT2D eigenvalue weighted by Gasteiger charge is 2.52. The Balaban J connectivity index is 1.93. The summed E-state index contributed by atoms with van der Waals surface area (Å²) >= 11 is 0. The predicted molar refractivity (Wildman–Crippen MR) is 145 cm³/mol. The Bertz CT molecular complexity index is 1060. The molecule has 1 unspecified atom stereocenters. The van der Waals surface area contributed by atoms with E-state index < -0.39 is 19.4 Å². The maximum Gasteiger partial charge on any atom is 0.473 e. The van der Waals surface area contributed by atoms with E-state index >= 15 is 0 Å². The van der Waals surface area contributed by atoms with Crippen LogP contribution in [0.5, 0.6) is 11.5 Å². The van der Waals surface area contributed by atoms with Crippen LogP contribution in [0.1, 0.15) is 103 Å². The van der Waals surface area contributed by atoms with Crippen LogP contribution < -0.4 is 4.74 Å². The third-order valence-corrected chi connectivity index (χ3v) is 8.55. The van der Waals surface area contributed by atoms with Gasteiger partial charge in [-0.15, -0.1) is 0 Å². The van der Waals surface area contributed by atoms with Crippen molar-refractivity contribution in [3.63, 3.8) is 0 Å². The minimum Gasteiger partial charge on any atom is -0.507 e. The number of allylic oxidation sites excluding steroid dienone is 3. The van der Waals surface area contributed by atoms with E-state index in [1.165, 1.54) is 5.57 Å². The molecule has 0 amide bonds. The Hall–Kier alpha value is -1.92. The van der Waals surface area contributed by atoms with E-state index in [0.29, 0.717) is 24.8 Å². The van der Waals surface area contributed by atoms with Crippen LogP contribution in [-0.2, 0) is 24.8 Å². The number of aromatic hydroxyl groups is 1. The highest BCUT2D eigenvalue weighted by Crippen LogP contribution is 2.54. The lowest BCUT2D eigenvalue weighted by Gasteiger charge is -2.39. The third-order valence-electron chi connectivity index (χ3n) is 7.46. The first-order valence-corrected chi connectivity index (χ1v) is 15.1. The van der Waals surface area contributed by atoms with Crippen LogP contribution in [-0.4, -0.2) is 28.2 Å². The van der Waals surface area contributed by atoms with Crippen molar-refractivity contribution < 1.29 is 33.1 Å². The van der Waals surface area contributed by atoms with Crippen LogP contribution in [0.4, 0.5) is 0 Å². The molecule has 0 bridgehead atoms. The second kappa shape index (κ2) is 12.8. The van der Waals surface area contributed by atoms with Crippen molar-refractivity contribution >= 4 is 13.8 Å². The van der Waals surface area contributed by atoms with Gasteiger partial charge in [0.2, 0.25) is 0 Å². The number of phosphoric acid groups is 1. The number of carbonyl (C=O) groups excluding carboxylic acids is 1. The maximum absolute atomic E-state index is 13.5. The lowest BCUT2D eigenvalue weighted by molar-refractivity contribution is -0.162. The summed E-state index contributed by atoms with van der Waals surface area (Å²) in [5.41, 5.74) is 2.05. The molecular weight excluding hydrogens is 491 g/mol. The number of carbonyl (C=O) groups is 1. The number of phenolic OH excluding ortho intramolecular Hbond substituents is 1. The van der Waals surface area contributed by atoms with E-state index in [-0.39, 0.29) is 42.8 Å². The molecule has 0 heterocycles. The van der Waals surface area contributed by atoms with Gasteiger partial charge in [0.15, 0.2) is 5.60 Å². The van der Waals surface area contributed by atoms with E-state index in [9.17, 15) is 19.4 Å². The molecule has 0 saturated heterocycles. The van der Waals surface area contributed by atoms with E-state index in [2.05, 4.69) is 19.6 Å². The van der Waals surface area contributed by atoms with Crippen LogP contribution in [0, 0.1) is 5.92 Å². The monoisotopic (exact) mass is 534 g/mol. The summed E-state index contributed by atoms with van der Waals surface area (Å²) in [6.07, 6.45) is 9.17. The van der Waals surface area contributed by atoms with E-state index in [1.807, 2.05) is 20.8 Å². The lowest BCUT2D eigenvalue weighted by atomic mass is 9.73. The minimum absolute atomic E-state index is 0.0756. The van der Waals surface area contributed by atoms with Crippen molar-refractivity contribution in [2.45, 2.75) is 103 Å². The molecule has 206 valence electrons. The van der Waals surface area contributed by atoms with Gasteiger partial charge in [-0.3, -0.25) is 9.05 Å². The number of hydrogen-bond acceptors (Lipinski definition) is 6. The number of benzene rings is 1. The smallest absolute Gasteiger partial charge is 0.473 e. The zero-order chi connectivity index (χ0) is 27.2. The van der Waals surface area contributed by atoms with Gasteiger partial charge in [0.05, 0.1) is 6.61 Å². The molecule has 1 fully saturated rings. The fraction of sp³-hybridized carbons (Fsp3) is 0.621. The number of rotatable bonds is 13. The third kappa shape index (κ3) is 7.35. The summed E-state index contributed by atoms with van der Waals surface area (Å²) in [5, 5.41) is 11.2. The molecule has 0 aliphatic heterocycles. The van der Waals surface area contributed by atoms with Gasteiger partial charge in [-0.25, -0.2) is 9.36 Å². The molecule has 8 heteroatoms. The number of hydrogen-bond donors (Lipinski definition) is 2. The van der Waals surface area contributed by atoms with Crippen LogP contribution in [0.2, 0.25) is 0 Å². The first-order chi connectivity index (χ1) is 17.5. The molecule has 7 nitrogen and oxygen atoms in total. The van der Waals surface area contributed by atoms with Crippen molar-refractivity contribution in [2.24, 2.45) is 5.92 Å². The molecule has 37 heavy (non-hydrogen) atoms.